The summed E-state index contributed by atoms with van der Waals surface area (Å²) in [5.41, 5.74) is 0.0484. The Bertz CT molecular complexity index is 328. The molecule has 1 rings (SSSR count). The fourth-order valence-electron chi connectivity index (χ4n) is 1.81. The van der Waals surface area contributed by atoms with E-state index < -0.39 is 5.97 Å². The zero-order valence-corrected chi connectivity index (χ0v) is 9.21. The Kier molecular flexibility index (Phi) is 3.45. The quantitative estimate of drug-likeness (QED) is 0.405. The van der Waals surface area contributed by atoms with Gasteiger partial charge in [-0.05, 0) is 18.3 Å². The number of esters is 1. The zero-order chi connectivity index (χ0) is 11.5. The Morgan fingerprint density at radius 2 is 2.40 bits per heavy atom. The van der Waals surface area contributed by atoms with Crippen molar-refractivity contribution < 1.29 is 14.3 Å². The van der Waals surface area contributed by atoms with Crippen molar-refractivity contribution in [3.05, 3.63) is 24.3 Å². The second kappa shape index (κ2) is 4.43. The maximum atomic E-state index is 11.5. The summed E-state index contributed by atoms with van der Waals surface area (Å²) in [6.07, 6.45) is 5.47. The van der Waals surface area contributed by atoms with E-state index in [0.717, 1.165) is 12.8 Å². The van der Waals surface area contributed by atoms with Crippen LogP contribution in [0.15, 0.2) is 24.3 Å². The van der Waals surface area contributed by atoms with E-state index in [2.05, 4.69) is 11.3 Å². The van der Waals surface area contributed by atoms with E-state index in [1.165, 1.54) is 7.11 Å². The van der Waals surface area contributed by atoms with Crippen molar-refractivity contribution in [1.29, 1.82) is 0 Å². The first kappa shape index (κ1) is 11.7. The van der Waals surface area contributed by atoms with Gasteiger partial charge < -0.3 is 4.74 Å². The van der Waals surface area contributed by atoms with Gasteiger partial charge in [-0.1, -0.05) is 19.1 Å². The minimum absolute atomic E-state index is 0.122. The van der Waals surface area contributed by atoms with Crippen LogP contribution >= 0.6 is 0 Å². The molecule has 3 heteroatoms. The van der Waals surface area contributed by atoms with Crippen molar-refractivity contribution in [2.24, 2.45) is 5.41 Å². The monoisotopic (exact) mass is 208 g/mol. The molecular formula is C12H16O3. The number of hydrogen-bond acceptors (Lipinski definition) is 3. The van der Waals surface area contributed by atoms with Gasteiger partial charge in [0.15, 0.2) is 5.78 Å². The van der Waals surface area contributed by atoms with Crippen LogP contribution in [0.2, 0.25) is 0 Å². The van der Waals surface area contributed by atoms with Gasteiger partial charge in [0.25, 0.3) is 0 Å². The highest BCUT2D eigenvalue weighted by Gasteiger charge is 2.32. The van der Waals surface area contributed by atoms with Crippen LogP contribution in [0, 0.1) is 5.41 Å². The molecule has 0 aromatic heterocycles. The average molecular weight is 208 g/mol. The van der Waals surface area contributed by atoms with Crippen molar-refractivity contribution in [3.63, 3.8) is 0 Å². The van der Waals surface area contributed by atoms with Gasteiger partial charge in [-0.15, -0.1) is 6.58 Å². The minimum atomic E-state index is -0.532. The van der Waals surface area contributed by atoms with E-state index >= 15 is 0 Å². The molecular weight excluding hydrogens is 192 g/mol. The standard InChI is InChI=1S/C12H16O3/c1-4-6-12(2)7-5-10(13)9(8-12)11(14)15-3/h4,8H,1,5-7H2,2-3H3. The Labute approximate surface area is 89.8 Å². The van der Waals surface area contributed by atoms with Crippen LogP contribution in [0.1, 0.15) is 26.2 Å². The molecule has 0 amide bonds. The molecule has 82 valence electrons. The Hall–Kier alpha value is -1.38. The Balaban J connectivity index is 2.99. The van der Waals surface area contributed by atoms with Crippen molar-refractivity contribution in [2.45, 2.75) is 26.2 Å². The maximum absolute atomic E-state index is 11.5. The maximum Gasteiger partial charge on any atom is 0.341 e. The lowest BCUT2D eigenvalue weighted by molar-refractivity contribution is -0.138. The first-order chi connectivity index (χ1) is 7.02. The molecule has 0 saturated carbocycles. The third-order valence-corrected chi connectivity index (χ3v) is 2.73. The molecule has 0 aromatic carbocycles. The number of ether oxygens (including phenoxy) is 1. The van der Waals surface area contributed by atoms with Gasteiger partial charge in [0.2, 0.25) is 0 Å². The number of allylic oxidation sites excluding steroid dienone is 2. The molecule has 0 radical (unpaired) electrons. The number of Topliss-reactive ketones (excluding diaryl/α,β-unsaturated/α-hetero) is 1. The average Bonchev–Trinajstić information content (AvgIpc) is 2.21. The summed E-state index contributed by atoms with van der Waals surface area (Å²) >= 11 is 0. The fraction of sp³-hybridized carbons (Fsp3) is 0.500. The van der Waals surface area contributed by atoms with Crippen molar-refractivity contribution in [1.82, 2.24) is 0 Å². The predicted molar refractivity (Wildman–Crippen MR) is 57.3 cm³/mol. The van der Waals surface area contributed by atoms with Crippen molar-refractivity contribution in [2.75, 3.05) is 7.11 Å². The molecule has 1 atom stereocenters. The molecule has 0 spiro atoms. The van der Waals surface area contributed by atoms with Crippen LogP contribution in [0.3, 0.4) is 0 Å². The van der Waals surface area contributed by atoms with E-state index in [0.29, 0.717) is 6.42 Å². The fourth-order valence-corrected chi connectivity index (χ4v) is 1.81. The van der Waals surface area contributed by atoms with Crippen LogP contribution in [0.25, 0.3) is 0 Å². The minimum Gasteiger partial charge on any atom is -0.465 e. The first-order valence-corrected chi connectivity index (χ1v) is 4.98. The normalized spacial score (nSPS) is 25.7. The molecule has 0 aliphatic heterocycles. The van der Waals surface area contributed by atoms with Crippen LogP contribution in [-0.2, 0) is 14.3 Å². The van der Waals surface area contributed by atoms with Gasteiger partial charge >= 0.3 is 5.97 Å². The molecule has 0 bridgehead atoms. The molecule has 15 heavy (non-hydrogen) atoms. The number of hydrogen-bond donors (Lipinski definition) is 0. The number of methoxy groups -OCH3 is 1. The molecule has 0 aromatic rings. The first-order valence-electron chi connectivity index (χ1n) is 4.98. The van der Waals surface area contributed by atoms with Crippen molar-refractivity contribution >= 4 is 11.8 Å². The van der Waals surface area contributed by atoms with Crippen LogP contribution in [-0.4, -0.2) is 18.9 Å². The number of carbonyl (C=O) groups is 2. The smallest absolute Gasteiger partial charge is 0.341 e. The molecule has 1 aliphatic rings. The zero-order valence-electron chi connectivity index (χ0n) is 9.21. The van der Waals surface area contributed by atoms with E-state index in [4.69, 9.17) is 0 Å². The van der Waals surface area contributed by atoms with Crippen molar-refractivity contribution in [3.8, 4) is 0 Å². The van der Waals surface area contributed by atoms with E-state index in [-0.39, 0.29) is 16.8 Å². The Morgan fingerprint density at radius 1 is 1.73 bits per heavy atom. The van der Waals surface area contributed by atoms with E-state index in [1.54, 1.807) is 12.2 Å². The number of ketones is 1. The number of rotatable bonds is 3. The Morgan fingerprint density at radius 3 is 2.93 bits per heavy atom. The third kappa shape index (κ3) is 2.55. The summed E-state index contributed by atoms with van der Waals surface area (Å²) in [4.78, 5) is 22.8. The molecule has 0 heterocycles. The summed E-state index contributed by atoms with van der Waals surface area (Å²) < 4.78 is 4.58. The molecule has 3 nitrogen and oxygen atoms in total. The van der Waals surface area contributed by atoms with Gasteiger partial charge in [0.05, 0.1) is 12.7 Å². The van der Waals surface area contributed by atoms with Gasteiger partial charge in [0.1, 0.15) is 0 Å². The third-order valence-electron chi connectivity index (χ3n) is 2.73. The molecule has 0 fully saturated rings. The summed E-state index contributed by atoms with van der Waals surface area (Å²) in [7, 11) is 1.29. The number of carbonyl (C=O) groups excluding carboxylic acids is 2. The molecule has 1 unspecified atom stereocenters. The highest BCUT2D eigenvalue weighted by molar-refractivity contribution is 6.17. The second-order valence-corrected chi connectivity index (χ2v) is 4.12. The summed E-state index contributed by atoms with van der Waals surface area (Å²) in [6.45, 7) is 5.70. The lowest BCUT2D eigenvalue weighted by atomic mass is 9.75. The second-order valence-electron chi connectivity index (χ2n) is 4.12. The summed E-state index contributed by atoms with van der Waals surface area (Å²) in [5, 5.41) is 0. The highest BCUT2D eigenvalue weighted by atomic mass is 16.5. The van der Waals surface area contributed by atoms with Crippen LogP contribution in [0.4, 0.5) is 0 Å². The topological polar surface area (TPSA) is 43.4 Å². The molecule has 0 saturated heterocycles. The summed E-state index contributed by atoms with van der Waals surface area (Å²) in [6, 6.07) is 0. The SMILES string of the molecule is C=CCC1(C)C=C(C(=O)OC)C(=O)CC1. The van der Waals surface area contributed by atoms with E-state index in [9.17, 15) is 9.59 Å². The largest absolute Gasteiger partial charge is 0.465 e. The highest BCUT2D eigenvalue weighted by Crippen LogP contribution is 2.35. The van der Waals surface area contributed by atoms with Gasteiger partial charge in [-0.2, -0.15) is 0 Å². The lowest BCUT2D eigenvalue weighted by Crippen LogP contribution is -2.26. The van der Waals surface area contributed by atoms with Crippen LogP contribution < -0.4 is 0 Å². The lowest BCUT2D eigenvalue weighted by Gasteiger charge is -2.28. The molecule has 0 N–H and O–H groups in total. The van der Waals surface area contributed by atoms with Gasteiger partial charge in [0, 0.05) is 6.42 Å². The van der Waals surface area contributed by atoms with Gasteiger partial charge in [-0.25, -0.2) is 4.79 Å². The van der Waals surface area contributed by atoms with Crippen LogP contribution in [0.5, 0.6) is 0 Å². The predicted octanol–water partition coefficient (Wildman–Crippen LogP) is 2.03. The summed E-state index contributed by atoms with van der Waals surface area (Å²) in [5.74, 6) is -0.654. The van der Waals surface area contributed by atoms with Gasteiger partial charge in [-0.3, -0.25) is 4.79 Å². The van der Waals surface area contributed by atoms with E-state index in [1.807, 2.05) is 6.92 Å². The molecule has 1 aliphatic carbocycles.